The third-order valence-electron chi connectivity index (χ3n) is 5.45. The van der Waals surface area contributed by atoms with Crippen LogP contribution in [0.4, 0.5) is 0 Å². The van der Waals surface area contributed by atoms with E-state index in [0.29, 0.717) is 17.9 Å². The average molecular weight is 319 g/mol. The van der Waals surface area contributed by atoms with Crippen molar-refractivity contribution in [2.24, 2.45) is 13.0 Å². The Bertz CT molecular complexity index is 533. The van der Waals surface area contributed by atoms with Gasteiger partial charge in [-0.15, -0.1) is 10.2 Å². The van der Waals surface area contributed by atoms with E-state index in [9.17, 15) is 4.79 Å². The van der Waals surface area contributed by atoms with Crippen molar-refractivity contribution in [3.05, 3.63) is 12.2 Å². The maximum atomic E-state index is 12.8. The third kappa shape index (κ3) is 3.57. The van der Waals surface area contributed by atoms with Crippen LogP contribution in [0.2, 0.25) is 0 Å². The van der Waals surface area contributed by atoms with Crippen molar-refractivity contribution in [1.82, 2.24) is 24.6 Å². The molecule has 0 aliphatic carbocycles. The number of aryl methyl sites for hydroxylation is 1. The van der Waals surface area contributed by atoms with Crippen LogP contribution in [0.1, 0.15) is 51.3 Å². The van der Waals surface area contributed by atoms with Crippen molar-refractivity contribution in [2.75, 3.05) is 26.2 Å². The number of hydrogen-bond donors (Lipinski definition) is 0. The average Bonchev–Trinajstić information content (AvgIpc) is 3.00. The Morgan fingerprint density at radius 3 is 2.57 bits per heavy atom. The fourth-order valence-corrected chi connectivity index (χ4v) is 3.96. The Morgan fingerprint density at radius 2 is 1.96 bits per heavy atom. The lowest BCUT2D eigenvalue weighted by Gasteiger charge is -2.39. The first-order valence-electron chi connectivity index (χ1n) is 8.93. The van der Waals surface area contributed by atoms with E-state index in [-0.39, 0.29) is 5.92 Å². The van der Waals surface area contributed by atoms with Crippen LogP contribution in [0, 0.1) is 5.92 Å². The number of carbonyl (C=O) groups is 1. The molecule has 2 fully saturated rings. The summed E-state index contributed by atoms with van der Waals surface area (Å²) in [5.74, 6) is 2.05. The first-order chi connectivity index (χ1) is 11.1. The molecule has 128 valence electrons. The van der Waals surface area contributed by atoms with Gasteiger partial charge in [0, 0.05) is 38.6 Å². The van der Waals surface area contributed by atoms with Crippen molar-refractivity contribution in [3.63, 3.8) is 0 Å². The van der Waals surface area contributed by atoms with Gasteiger partial charge < -0.3 is 14.4 Å². The lowest BCUT2D eigenvalue weighted by molar-refractivity contribution is -0.138. The number of hydrogen-bond acceptors (Lipinski definition) is 4. The van der Waals surface area contributed by atoms with Gasteiger partial charge in [0.05, 0.1) is 5.92 Å². The Kier molecular flexibility index (Phi) is 4.99. The van der Waals surface area contributed by atoms with Gasteiger partial charge in [-0.2, -0.15) is 0 Å². The molecule has 0 unspecified atom stereocenters. The largest absolute Gasteiger partial charge is 0.342 e. The molecule has 0 spiro atoms. The highest BCUT2D eigenvalue weighted by molar-refractivity contribution is 5.79. The number of rotatable bonds is 3. The first-order valence-corrected chi connectivity index (χ1v) is 8.93. The molecule has 0 saturated carbocycles. The molecule has 2 saturated heterocycles. The Hall–Kier alpha value is -1.43. The van der Waals surface area contributed by atoms with Gasteiger partial charge in [0.2, 0.25) is 5.91 Å². The molecule has 1 aromatic heterocycles. The molecular formula is C17H29N5O. The molecule has 1 aromatic rings. The lowest BCUT2D eigenvalue weighted by Crippen LogP contribution is -2.48. The van der Waals surface area contributed by atoms with Gasteiger partial charge in [-0.25, -0.2) is 0 Å². The second-order valence-electron chi connectivity index (χ2n) is 7.33. The lowest BCUT2D eigenvalue weighted by atomic mass is 9.92. The Labute approximate surface area is 138 Å². The maximum absolute atomic E-state index is 12.8. The SMILES string of the molecule is CC(C)N1CCC[C@@H](C(=O)N2CCC(c3nncn3C)CC2)C1. The van der Waals surface area contributed by atoms with Crippen LogP contribution in [0.5, 0.6) is 0 Å². The van der Waals surface area contributed by atoms with E-state index in [1.54, 1.807) is 6.33 Å². The van der Waals surface area contributed by atoms with E-state index >= 15 is 0 Å². The number of likely N-dealkylation sites (tertiary alicyclic amines) is 2. The van der Waals surface area contributed by atoms with Crippen molar-refractivity contribution in [3.8, 4) is 0 Å². The van der Waals surface area contributed by atoms with E-state index in [0.717, 1.165) is 57.7 Å². The molecule has 6 heteroatoms. The van der Waals surface area contributed by atoms with E-state index in [2.05, 4.69) is 33.8 Å². The first kappa shape index (κ1) is 16.4. The summed E-state index contributed by atoms with van der Waals surface area (Å²) >= 11 is 0. The summed E-state index contributed by atoms with van der Waals surface area (Å²) in [7, 11) is 2.00. The van der Waals surface area contributed by atoms with Crippen LogP contribution in [-0.2, 0) is 11.8 Å². The highest BCUT2D eigenvalue weighted by Crippen LogP contribution is 2.28. The zero-order valence-corrected chi connectivity index (χ0v) is 14.6. The highest BCUT2D eigenvalue weighted by Gasteiger charge is 2.33. The van der Waals surface area contributed by atoms with Gasteiger partial charge in [0.1, 0.15) is 12.2 Å². The summed E-state index contributed by atoms with van der Waals surface area (Å²) in [5.41, 5.74) is 0. The number of piperidine rings is 2. The van der Waals surface area contributed by atoms with Gasteiger partial charge in [0.15, 0.2) is 0 Å². The summed E-state index contributed by atoms with van der Waals surface area (Å²) in [5, 5.41) is 8.21. The predicted octanol–water partition coefficient (Wildman–Crippen LogP) is 1.64. The van der Waals surface area contributed by atoms with Crippen LogP contribution in [0.3, 0.4) is 0 Å². The molecular weight excluding hydrogens is 290 g/mol. The van der Waals surface area contributed by atoms with Crippen LogP contribution < -0.4 is 0 Å². The Balaban J connectivity index is 1.55. The van der Waals surface area contributed by atoms with Crippen LogP contribution in [0.15, 0.2) is 6.33 Å². The summed E-state index contributed by atoms with van der Waals surface area (Å²) in [6.45, 7) is 8.22. The van der Waals surface area contributed by atoms with Crippen molar-refractivity contribution in [2.45, 2.75) is 51.5 Å². The number of nitrogens with zero attached hydrogens (tertiary/aromatic N) is 5. The minimum Gasteiger partial charge on any atom is -0.342 e. The highest BCUT2D eigenvalue weighted by atomic mass is 16.2. The molecule has 0 N–H and O–H groups in total. The van der Waals surface area contributed by atoms with Crippen molar-refractivity contribution in [1.29, 1.82) is 0 Å². The second kappa shape index (κ2) is 6.99. The smallest absolute Gasteiger partial charge is 0.226 e. The van der Waals surface area contributed by atoms with Crippen molar-refractivity contribution >= 4 is 5.91 Å². The van der Waals surface area contributed by atoms with Crippen LogP contribution in [-0.4, -0.2) is 62.7 Å². The quantitative estimate of drug-likeness (QED) is 0.850. The molecule has 3 heterocycles. The molecule has 0 bridgehead atoms. The molecule has 0 aromatic carbocycles. The minimum atomic E-state index is 0.192. The number of amides is 1. The molecule has 1 amide bonds. The van der Waals surface area contributed by atoms with Crippen LogP contribution >= 0.6 is 0 Å². The van der Waals surface area contributed by atoms with E-state index in [4.69, 9.17) is 0 Å². The molecule has 6 nitrogen and oxygen atoms in total. The van der Waals surface area contributed by atoms with Gasteiger partial charge in [-0.3, -0.25) is 4.79 Å². The normalized spacial score (nSPS) is 24.3. The molecule has 2 aliphatic heterocycles. The van der Waals surface area contributed by atoms with E-state index in [1.807, 2.05) is 11.6 Å². The molecule has 1 atom stereocenters. The predicted molar refractivity (Wildman–Crippen MR) is 89.0 cm³/mol. The molecule has 3 rings (SSSR count). The summed E-state index contributed by atoms with van der Waals surface area (Å²) in [4.78, 5) is 17.4. The zero-order valence-electron chi connectivity index (χ0n) is 14.6. The number of aromatic nitrogens is 3. The Morgan fingerprint density at radius 1 is 1.22 bits per heavy atom. The van der Waals surface area contributed by atoms with Crippen LogP contribution in [0.25, 0.3) is 0 Å². The fraction of sp³-hybridized carbons (Fsp3) is 0.824. The van der Waals surface area contributed by atoms with Crippen molar-refractivity contribution < 1.29 is 4.79 Å². The van der Waals surface area contributed by atoms with E-state index in [1.165, 1.54) is 0 Å². The molecule has 23 heavy (non-hydrogen) atoms. The summed E-state index contributed by atoms with van der Waals surface area (Å²) in [6.07, 6.45) is 5.95. The van der Waals surface area contributed by atoms with Gasteiger partial charge in [0.25, 0.3) is 0 Å². The molecule has 2 aliphatic rings. The van der Waals surface area contributed by atoms with Gasteiger partial charge in [-0.1, -0.05) is 0 Å². The van der Waals surface area contributed by atoms with E-state index < -0.39 is 0 Å². The third-order valence-corrected chi connectivity index (χ3v) is 5.45. The van der Waals surface area contributed by atoms with Gasteiger partial charge in [-0.05, 0) is 46.1 Å². The summed E-state index contributed by atoms with van der Waals surface area (Å²) < 4.78 is 2.00. The minimum absolute atomic E-state index is 0.192. The number of carbonyl (C=O) groups excluding carboxylic acids is 1. The summed E-state index contributed by atoms with van der Waals surface area (Å²) in [6, 6.07) is 0.534. The zero-order chi connectivity index (χ0) is 16.4. The second-order valence-corrected chi connectivity index (χ2v) is 7.33. The topological polar surface area (TPSA) is 54.3 Å². The monoisotopic (exact) mass is 319 g/mol. The fourth-order valence-electron chi connectivity index (χ4n) is 3.96. The molecule has 0 radical (unpaired) electrons. The maximum Gasteiger partial charge on any atom is 0.226 e. The standard InChI is InChI=1S/C17H29N5O/c1-13(2)22-8-4-5-15(11-22)17(23)21-9-6-14(7-10-21)16-19-18-12-20(16)3/h12-15H,4-11H2,1-3H3/t15-/m1/s1. The van der Waals surface area contributed by atoms with Gasteiger partial charge >= 0.3 is 0 Å².